The van der Waals surface area contributed by atoms with Gasteiger partial charge in [0, 0.05) is 11.2 Å². The maximum absolute atomic E-state index is 13.5. The number of fused-ring (bicyclic) bond motifs is 2. The number of carbonyl (C=O) groups is 1. The number of rotatable bonds is 4. The molecule has 0 spiro atoms. The molecule has 0 N–H and O–H groups in total. The summed E-state index contributed by atoms with van der Waals surface area (Å²) in [6.45, 7) is 2.39. The van der Waals surface area contributed by atoms with Crippen LogP contribution in [0.5, 0.6) is 5.75 Å². The summed E-state index contributed by atoms with van der Waals surface area (Å²) in [5.41, 5.74) is 1.000. The van der Waals surface area contributed by atoms with Gasteiger partial charge in [0.2, 0.25) is 5.76 Å². The number of amides is 1. The Kier molecular flexibility index (Phi) is 4.71. The van der Waals surface area contributed by atoms with E-state index in [-0.39, 0.29) is 16.8 Å². The third-order valence-corrected chi connectivity index (χ3v) is 5.45. The van der Waals surface area contributed by atoms with E-state index in [1.165, 1.54) is 4.90 Å². The van der Waals surface area contributed by atoms with E-state index >= 15 is 0 Å². The minimum absolute atomic E-state index is 0.0114. The van der Waals surface area contributed by atoms with Crippen molar-refractivity contribution in [2.45, 2.75) is 13.0 Å². The van der Waals surface area contributed by atoms with Crippen molar-refractivity contribution >= 4 is 34.3 Å². The second-order valence-corrected chi connectivity index (χ2v) is 7.52. The van der Waals surface area contributed by atoms with Crippen LogP contribution in [0.4, 0.5) is 5.82 Å². The summed E-state index contributed by atoms with van der Waals surface area (Å²) in [6, 6.07) is 16.7. The number of ether oxygens (including phenoxy) is 1. The molecule has 0 fully saturated rings. The van der Waals surface area contributed by atoms with Gasteiger partial charge in [-0.1, -0.05) is 29.8 Å². The molecule has 154 valence electrons. The molecule has 1 atom stereocenters. The van der Waals surface area contributed by atoms with Crippen LogP contribution in [0, 0.1) is 0 Å². The fraction of sp³-hybridized carbons (Fsp3) is 0.125. The largest absolute Gasteiger partial charge is 0.494 e. The highest BCUT2D eigenvalue weighted by molar-refractivity contribution is 6.31. The molecule has 0 bridgehead atoms. The van der Waals surface area contributed by atoms with Crippen LogP contribution in [-0.4, -0.2) is 17.5 Å². The lowest BCUT2D eigenvalue weighted by atomic mass is 9.98. The van der Waals surface area contributed by atoms with Gasteiger partial charge in [-0.25, -0.2) is 4.98 Å². The number of anilines is 1. The van der Waals surface area contributed by atoms with Crippen LogP contribution in [0.25, 0.3) is 11.0 Å². The average Bonchev–Trinajstić information content (AvgIpc) is 3.08. The molecule has 0 saturated carbocycles. The van der Waals surface area contributed by atoms with Crippen molar-refractivity contribution in [3.8, 4) is 5.75 Å². The third-order valence-electron chi connectivity index (χ3n) is 5.21. The Morgan fingerprint density at radius 3 is 2.74 bits per heavy atom. The molecule has 3 heterocycles. The molecule has 1 aliphatic rings. The lowest BCUT2D eigenvalue weighted by molar-refractivity contribution is 0.0970. The molecule has 0 radical (unpaired) electrons. The van der Waals surface area contributed by atoms with Gasteiger partial charge in [0.05, 0.1) is 23.6 Å². The number of pyridine rings is 1. The number of carbonyl (C=O) groups excluding carboxylic acids is 1. The molecule has 31 heavy (non-hydrogen) atoms. The predicted molar refractivity (Wildman–Crippen MR) is 118 cm³/mol. The number of benzene rings is 2. The van der Waals surface area contributed by atoms with Crippen molar-refractivity contribution in [3.63, 3.8) is 0 Å². The van der Waals surface area contributed by atoms with Crippen molar-refractivity contribution in [1.82, 2.24) is 4.98 Å². The molecular formula is C24H17ClN2O4. The van der Waals surface area contributed by atoms with Crippen LogP contribution >= 0.6 is 11.6 Å². The first-order chi connectivity index (χ1) is 15.1. The zero-order chi connectivity index (χ0) is 21.5. The summed E-state index contributed by atoms with van der Waals surface area (Å²) < 4.78 is 11.6. The van der Waals surface area contributed by atoms with E-state index in [4.69, 9.17) is 20.8 Å². The van der Waals surface area contributed by atoms with E-state index in [1.54, 1.807) is 42.6 Å². The molecule has 1 aliphatic heterocycles. The summed E-state index contributed by atoms with van der Waals surface area (Å²) in [6.07, 6.45) is 1.60. The molecule has 4 aromatic rings. The molecule has 1 unspecified atom stereocenters. The predicted octanol–water partition coefficient (Wildman–Crippen LogP) is 4.99. The minimum atomic E-state index is -0.711. The van der Waals surface area contributed by atoms with Crippen LogP contribution in [0.2, 0.25) is 5.02 Å². The van der Waals surface area contributed by atoms with Crippen LogP contribution in [0.3, 0.4) is 0 Å². The smallest absolute Gasteiger partial charge is 0.296 e. The second kappa shape index (κ2) is 7.56. The van der Waals surface area contributed by atoms with Crippen LogP contribution < -0.4 is 15.1 Å². The molecule has 1 amide bonds. The Morgan fingerprint density at radius 2 is 1.97 bits per heavy atom. The fourth-order valence-corrected chi connectivity index (χ4v) is 4.11. The van der Waals surface area contributed by atoms with Crippen molar-refractivity contribution < 1.29 is 13.9 Å². The van der Waals surface area contributed by atoms with Crippen molar-refractivity contribution in [2.75, 3.05) is 11.5 Å². The average molecular weight is 433 g/mol. The Bertz CT molecular complexity index is 1370. The molecule has 2 aromatic heterocycles. The zero-order valence-corrected chi connectivity index (χ0v) is 17.3. The van der Waals surface area contributed by atoms with Gasteiger partial charge in [-0.15, -0.1) is 0 Å². The fourth-order valence-electron chi connectivity index (χ4n) is 3.93. The topological polar surface area (TPSA) is 72.6 Å². The number of aromatic nitrogens is 1. The van der Waals surface area contributed by atoms with Crippen molar-refractivity contribution in [1.29, 1.82) is 0 Å². The number of hydrogen-bond donors (Lipinski definition) is 0. The Labute approximate surface area is 182 Å². The zero-order valence-electron chi connectivity index (χ0n) is 16.5. The van der Waals surface area contributed by atoms with Crippen LogP contribution in [0.15, 0.2) is 76.1 Å². The number of halogens is 1. The normalized spacial score (nSPS) is 15.4. The van der Waals surface area contributed by atoms with E-state index in [2.05, 4.69) is 4.98 Å². The van der Waals surface area contributed by atoms with E-state index in [1.807, 2.05) is 31.2 Å². The van der Waals surface area contributed by atoms with E-state index in [0.717, 1.165) is 5.56 Å². The lowest BCUT2D eigenvalue weighted by Crippen LogP contribution is -2.30. The maximum Gasteiger partial charge on any atom is 0.296 e. The third kappa shape index (κ3) is 3.16. The highest BCUT2D eigenvalue weighted by atomic mass is 35.5. The maximum atomic E-state index is 13.5. The molecule has 0 saturated heterocycles. The Balaban J connectivity index is 1.80. The number of nitrogens with zero attached hydrogens (tertiary/aromatic N) is 2. The van der Waals surface area contributed by atoms with Gasteiger partial charge >= 0.3 is 0 Å². The van der Waals surface area contributed by atoms with E-state index in [0.29, 0.717) is 34.2 Å². The van der Waals surface area contributed by atoms with Gasteiger partial charge < -0.3 is 9.15 Å². The van der Waals surface area contributed by atoms with Crippen LogP contribution in [0.1, 0.15) is 34.6 Å². The summed E-state index contributed by atoms with van der Waals surface area (Å²) in [5, 5.41) is 0.744. The first-order valence-electron chi connectivity index (χ1n) is 9.82. The van der Waals surface area contributed by atoms with Gasteiger partial charge in [-0.3, -0.25) is 14.5 Å². The van der Waals surface area contributed by atoms with Crippen molar-refractivity contribution in [3.05, 3.63) is 99.0 Å². The molecule has 5 rings (SSSR count). The Morgan fingerprint density at radius 1 is 1.10 bits per heavy atom. The van der Waals surface area contributed by atoms with Gasteiger partial charge in [0.25, 0.3) is 5.91 Å². The molecule has 2 aromatic carbocycles. The quantitative estimate of drug-likeness (QED) is 0.454. The molecule has 6 nitrogen and oxygen atoms in total. The van der Waals surface area contributed by atoms with Crippen LogP contribution in [-0.2, 0) is 0 Å². The molecule has 7 heteroatoms. The van der Waals surface area contributed by atoms with Gasteiger partial charge in [0.1, 0.15) is 17.2 Å². The standard InChI is InChI=1S/C24H17ClN2O4/c1-2-30-16-7-5-6-14(12-16)21-20-22(28)17-13-15(25)9-10-18(17)31-23(20)24(29)27(21)19-8-3-4-11-26-19/h3-13,21H,2H2,1H3. The number of hydrogen-bond acceptors (Lipinski definition) is 5. The lowest BCUT2D eigenvalue weighted by Gasteiger charge is -2.24. The van der Waals surface area contributed by atoms with Gasteiger partial charge in [-0.05, 0) is 55.0 Å². The van der Waals surface area contributed by atoms with E-state index in [9.17, 15) is 9.59 Å². The Hall–Kier alpha value is -3.64. The monoisotopic (exact) mass is 432 g/mol. The van der Waals surface area contributed by atoms with Gasteiger partial charge in [0.15, 0.2) is 5.43 Å². The van der Waals surface area contributed by atoms with Gasteiger partial charge in [-0.2, -0.15) is 0 Å². The highest BCUT2D eigenvalue weighted by Crippen LogP contribution is 2.41. The second-order valence-electron chi connectivity index (χ2n) is 7.09. The minimum Gasteiger partial charge on any atom is -0.494 e. The summed E-state index contributed by atoms with van der Waals surface area (Å²) in [4.78, 5) is 32.8. The summed E-state index contributed by atoms with van der Waals surface area (Å²) in [5.74, 6) is 0.661. The van der Waals surface area contributed by atoms with E-state index < -0.39 is 11.9 Å². The first-order valence-corrected chi connectivity index (χ1v) is 10.2. The molecular weight excluding hydrogens is 416 g/mol. The first kappa shape index (κ1) is 19.3. The summed E-state index contributed by atoms with van der Waals surface area (Å²) >= 11 is 6.12. The highest BCUT2D eigenvalue weighted by Gasteiger charge is 2.44. The SMILES string of the molecule is CCOc1cccc(C2c3c(oc4ccc(Cl)cc4c3=O)C(=O)N2c2ccccn2)c1. The molecule has 0 aliphatic carbocycles. The van der Waals surface area contributed by atoms with Crippen molar-refractivity contribution in [2.24, 2.45) is 0 Å². The summed E-state index contributed by atoms with van der Waals surface area (Å²) in [7, 11) is 0.